The maximum Gasteiger partial charge on any atom is 0.512 e. The molecule has 0 saturated carbocycles. The average Bonchev–Trinajstić information content (AvgIpc) is 1.77. The number of alkyl halides is 6. The van der Waals surface area contributed by atoms with Gasteiger partial charge in [-0.3, -0.25) is 0 Å². The van der Waals surface area contributed by atoms with Crippen molar-refractivity contribution < 1.29 is 43.2 Å². The lowest BCUT2D eigenvalue weighted by Gasteiger charge is -2.11. The molecule has 0 amide bonds. The molecule has 5 nitrogen and oxygen atoms in total. The van der Waals surface area contributed by atoms with Crippen LogP contribution in [0.1, 0.15) is 0 Å². The monoisotopic (exact) mass is 315 g/mol. The first-order chi connectivity index (χ1) is 6.21. The molecule has 100 valence electrons. The van der Waals surface area contributed by atoms with Gasteiger partial charge in [-0.2, -0.15) is 39.8 Å². The molecule has 0 spiro atoms. The Morgan fingerprint density at radius 3 is 1.00 bits per heavy atom. The molecule has 0 aromatic carbocycles. The second-order valence-electron chi connectivity index (χ2n) is 1.98. The van der Waals surface area contributed by atoms with Crippen LogP contribution < -0.4 is 4.13 Å². The van der Waals surface area contributed by atoms with E-state index in [0.717, 1.165) is 0 Å². The second kappa shape index (κ2) is 4.58. The van der Waals surface area contributed by atoms with Crippen molar-refractivity contribution in [3.8, 4) is 0 Å². The normalized spacial score (nSPS) is 14.4. The van der Waals surface area contributed by atoms with E-state index in [4.69, 9.17) is 0 Å². The van der Waals surface area contributed by atoms with Crippen molar-refractivity contribution in [2.45, 2.75) is 11.0 Å². The molecule has 0 rings (SSSR count). The van der Waals surface area contributed by atoms with Gasteiger partial charge in [0.25, 0.3) is 0 Å². The third-order valence-corrected chi connectivity index (χ3v) is 3.80. The highest BCUT2D eigenvalue weighted by atomic mass is 32.3. The molecular weight excluding hydrogens is 312 g/mol. The van der Waals surface area contributed by atoms with Gasteiger partial charge in [0.05, 0.1) is 0 Å². The molecule has 0 aromatic rings. The fraction of sp³-hybridized carbons (Fsp3) is 1.00. The molecule has 16 heavy (non-hydrogen) atoms. The van der Waals surface area contributed by atoms with Gasteiger partial charge >= 0.3 is 31.1 Å². The Balaban J connectivity index is 0. The van der Waals surface area contributed by atoms with E-state index in [1.54, 1.807) is 0 Å². The number of hydrogen-bond acceptors (Lipinski definition) is 4. The molecule has 0 saturated heterocycles. The highest BCUT2D eigenvalue weighted by Gasteiger charge is 2.55. The molecule has 0 heterocycles. The Labute approximate surface area is 92.4 Å². The van der Waals surface area contributed by atoms with E-state index in [-0.39, 0.29) is 13.5 Å². The molecule has 0 aliphatic heterocycles. The van der Waals surface area contributed by atoms with E-state index in [1.807, 2.05) is 0 Å². The molecule has 0 bridgehead atoms. The Kier molecular flexibility index (Phi) is 5.20. The van der Waals surface area contributed by atoms with Gasteiger partial charge in [0.2, 0.25) is 0 Å². The first kappa shape index (κ1) is 18.2. The molecule has 0 aromatic heterocycles. The van der Waals surface area contributed by atoms with Gasteiger partial charge in [-0.05, 0) is 0 Å². The predicted octanol–water partition coefficient (Wildman–Crippen LogP) is 0.388. The van der Waals surface area contributed by atoms with Crippen molar-refractivity contribution >= 4 is 33.5 Å². The number of halogens is 6. The number of sulfonamides is 2. The van der Waals surface area contributed by atoms with E-state index in [9.17, 15) is 43.2 Å². The highest BCUT2D eigenvalue weighted by Crippen LogP contribution is 2.27. The zero-order chi connectivity index (χ0) is 12.7. The lowest BCUT2D eigenvalue weighted by atomic mass is 11.6. The Bertz CT molecular complexity index is 387. The number of nitrogens with one attached hydrogen (secondary N) is 1. The quantitative estimate of drug-likeness (QED) is 0.748. The summed E-state index contributed by atoms with van der Waals surface area (Å²) in [6.45, 7) is 0. The zero-order valence-corrected chi connectivity index (χ0v) is 9.35. The minimum atomic E-state index is -6.60. The lowest BCUT2D eigenvalue weighted by Crippen LogP contribution is -2.45. The van der Waals surface area contributed by atoms with Gasteiger partial charge in [-0.15, -0.1) is 0 Å². The van der Waals surface area contributed by atoms with Gasteiger partial charge in [0.1, 0.15) is 0 Å². The van der Waals surface area contributed by atoms with E-state index in [0.29, 0.717) is 0 Å². The van der Waals surface area contributed by atoms with Gasteiger partial charge < -0.3 is 0 Å². The third-order valence-electron chi connectivity index (χ3n) is 0.829. The first-order valence-corrected chi connectivity index (χ1v) is 5.58. The van der Waals surface area contributed by atoms with Crippen molar-refractivity contribution in [3.05, 3.63) is 0 Å². The Hall–Kier alpha value is -0.210. The SMILES string of the molecule is O=S(=O)(NS(=O)(=O)C(F)(F)F)C(F)(F)F.S. The maximum atomic E-state index is 11.5. The molecular formula is C2H3F6NO4S3. The molecule has 1 N–H and O–H groups in total. The van der Waals surface area contributed by atoms with E-state index < -0.39 is 35.2 Å². The van der Waals surface area contributed by atoms with Crippen molar-refractivity contribution in [2.24, 2.45) is 0 Å². The highest BCUT2D eigenvalue weighted by molar-refractivity contribution is 8.05. The summed E-state index contributed by atoms with van der Waals surface area (Å²) >= 11 is 0. The van der Waals surface area contributed by atoms with Crippen LogP contribution in [0.15, 0.2) is 0 Å². The maximum absolute atomic E-state index is 11.5. The van der Waals surface area contributed by atoms with Crippen molar-refractivity contribution in [2.75, 3.05) is 0 Å². The summed E-state index contributed by atoms with van der Waals surface area (Å²) < 4.78 is 108. The summed E-state index contributed by atoms with van der Waals surface area (Å²) in [6.07, 6.45) is 0. The minimum Gasteiger partial charge on any atom is -0.202 e. The second-order valence-corrected chi connectivity index (χ2v) is 5.59. The van der Waals surface area contributed by atoms with Gasteiger partial charge in [0.15, 0.2) is 0 Å². The molecule has 0 radical (unpaired) electrons. The smallest absolute Gasteiger partial charge is 0.202 e. The van der Waals surface area contributed by atoms with Gasteiger partial charge in [-0.25, -0.2) is 16.8 Å². The van der Waals surface area contributed by atoms with Crippen molar-refractivity contribution in [1.82, 2.24) is 4.13 Å². The number of rotatable bonds is 2. The Morgan fingerprint density at radius 1 is 0.688 bits per heavy atom. The molecule has 0 unspecified atom stereocenters. The van der Waals surface area contributed by atoms with E-state index in [1.165, 1.54) is 0 Å². The average molecular weight is 315 g/mol. The van der Waals surface area contributed by atoms with Crippen LogP contribution in [0.4, 0.5) is 26.3 Å². The minimum absolute atomic E-state index is 0. The summed E-state index contributed by atoms with van der Waals surface area (Å²) in [6, 6.07) is 0. The summed E-state index contributed by atoms with van der Waals surface area (Å²) in [5.41, 5.74) is -12.3. The van der Waals surface area contributed by atoms with Crippen LogP contribution >= 0.6 is 13.5 Å². The molecule has 0 atom stereocenters. The fourth-order valence-electron chi connectivity index (χ4n) is 0.239. The standard InChI is InChI=1S/C2HF6NO4S2.H2S/c3-1(4,5)14(10,11)9-15(12,13)2(6,7)8;/h9H;1H2. The molecule has 0 fully saturated rings. The summed E-state index contributed by atoms with van der Waals surface area (Å²) in [7, 11) is -13.2. The third kappa shape index (κ3) is 3.99. The largest absolute Gasteiger partial charge is 0.512 e. The summed E-state index contributed by atoms with van der Waals surface area (Å²) in [5.74, 6) is 0. The molecule has 14 heteroatoms. The van der Waals surface area contributed by atoms with Crippen molar-refractivity contribution in [3.63, 3.8) is 0 Å². The predicted molar refractivity (Wildman–Crippen MR) is 43.5 cm³/mol. The topological polar surface area (TPSA) is 80.3 Å². The van der Waals surface area contributed by atoms with Gasteiger partial charge in [-0.1, -0.05) is 4.13 Å². The zero-order valence-electron chi connectivity index (χ0n) is 6.72. The molecule has 0 aliphatic rings. The van der Waals surface area contributed by atoms with Crippen LogP contribution in [-0.2, 0) is 20.0 Å². The number of hydrogen-bond donors (Lipinski definition) is 1. The van der Waals surface area contributed by atoms with Crippen LogP contribution in [-0.4, -0.2) is 27.9 Å². The fourth-order valence-corrected chi connectivity index (χ4v) is 2.15. The van der Waals surface area contributed by atoms with Gasteiger partial charge in [0, 0.05) is 0 Å². The van der Waals surface area contributed by atoms with Crippen molar-refractivity contribution in [1.29, 1.82) is 0 Å². The summed E-state index contributed by atoms with van der Waals surface area (Å²) in [4.78, 5) is 0. The van der Waals surface area contributed by atoms with Crippen LogP contribution in [0, 0.1) is 0 Å². The first-order valence-electron chi connectivity index (χ1n) is 2.62. The van der Waals surface area contributed by atoms with Crippen LogP contribution in [0.2, 0.25) is 0 Å². The lowest BCUT2D eigenvalue weighted by molar-refractivity contribution is -0.0476. The Morgan fingerprint density at radius 2 is 0.875 bits per heavy atom. The van der Waals surface area contributed by atoms with Crippen LogP contribution in [0.3, 0.4) is 0 Å². The van der Waals surface area contributed by atoms with E-state index in [2.05, 4.69) is 0 Å². The van der Waals surface area contributed by atoms with E-state index >= 15 is 0 Å². The molecule has 0 aliphatic carbocycles. The summed E-state index contributed by atoms with van der Waals surface area (Å²) in [5, 5.41) is 0. The van der Waals surface area contributed by atoms with Crippen LogP contribution in [0.25, 0.3) is 0 Å². The van der Waals surface area contributed by atoms with Crippen LogP contribution in [0.5, 0.6) is 0 Å².